The maximum atomic E-state index is 12.2. The Morgan fingerprint density at radius 1 is 1.33 bits per heavy atom. The van der Waals surface area contributed by atoms with Gasteiger partial charge in [0.2, 0.25) is 6.41 Å². The molecule has 0 bridgehead atoms. The Morgan fingerprint density at radius 2 is 1.90 bits per heavy atom. The molecule has 1 aromatic carbocycles. The molecule has 0 aliphatic rings. The quantitative estimate of drug-likeness (QED) is 0.768. The first-order valence-electron chi connectivity index (χ1n) is 6.18. The molecular formula is C13H17ClN2O4S. The lowest BCUT2D eigenvalue weighted by Gasteiger charge is -2.31. The molecule has 116 valence electrons. The molecule has 0 saturated heterocycles. The molecule has 1 rings (SSSR count). The summed E-state index contributed by atoms with van der Waals surface area (Å²) in [6.07, 6.45) is 0.363. The summed E-state index contributed by atoms with van der Waals surface area (Å²) in [5, 5.41) is 2.36. The van der Waals surface area contributed by atoms with E-state index < -0.39 is 21.5 Å². The number of carbonyl (C=O) groups excluding carboxylic acids is 2. The lowest BCUT2D eigenvalue weighted by Crippen LogP contribution is -2.58. The SMILES string of the molecule is CC(C)C(C)(NC=O)C(=O)NS(=O)(=O)c1ccccc1Cl. The van der Waals surface area contributed by atoms with E-state index in [9.17, 15) is 18.0 Å². The van der Waals surface area contributed by atoms with E-state index in [2.05, 4.69) is 5.32 Å². The van der Waals surface area contributed by atoms with Crippen molar-refractivity contribution in [2.75, 3.05) is 0 Å². The zero-order chi connectivity index (χ0) is 16.3. The average molecular weight is 333 g/mol. The number of carbonyl (C=O) groups is 2. The summed E-state index contributed by atoms with van der Waals surface area (Å²) in [6.45, 7) is 4.83. The first-order chi connectivity index (χ1) is 9.65. The number of sulfonamides is 1. The predicted octanol–water partition coefficient (Wildman–Crippen LogP) is 1.31. The summed E-state index contributed by atoms with van der Waals surface area (Å²) in [4.78, 5) is 22.7. The molecular weight excluding hydrogens is 316 g/mol. The summed E-state index contributed by atoms with van der Waals surface area (Å²) in [5.41, 5.74) is -1.35. The molecule has 0 spiro atoms. The minimum absolute atomic E-state index is 0.00685. The van der Waals surface area contributed by atoms with Crippen molar-refractivity contribution in [3.8, 4) is 0 Å². The average Bonchev–Trinajstić information content (AvgIpc) is 2.38. The highest BCUT2D eigenvalue weighted by Crippen LogP contribution is 2.22. The molecule has 8 heteroatoms. The van der Waals surface area contributed by atoms with E-state index in [1.165, 1.54) is 25.1 Å². The highest BCUT2D eigenvalue weighted by molar-refractivity contribution is 7.90. The second-order valence-electron chi connectivity index (χ2n) is 4.98. The van der Waals surface area contributed by atoms with Crippen molar-refractivity contribution in [1.29, 1.82) is 0 Å². The van der Waals surface area contributed by atoms with Crippen molar-refractivity contribution in [1.82, 2.24) is 10.0 Å². The number of hydrogen-bond acceptors (Lipinski definition) is 4. The molecule has 6 nitrogen and oxygen atoms in total. The van der Waals surface area contributed by atoms with Gasteiger partial charge >= 0.3 is 0 Å². The van der Waals surface area contributed by atoms with Crippen LogP contribution in [0.1, 0.15) is 20.8 Å². The zero-order valence-corrected chi connectivity index (χ0v) is 13.5. The monoisotopic (exact) mass is 332 g/mol. The third kappa shape index (κ3) is 3.74. The number of rotatable bonds is 6. The van der Waals surface area contributed by atoms with Gasteiger partial charge in [0.05, 0.1) is 5.02 Å². The van der Waals surface area contributed by atoms with E-state index in [0.717, 1.165) is 0 Å². The maximum Gasteiger partial charge on any atom is 0.265 e. The number of halogens is 1. The van der Waals surface area contributed by atoms with E-state index in [1.807, 2.05) is 4.72 Å². The molecule has 0 heterocycles. The first-order valence-corrected chi connectivity index (χ1v) is 8.04. The fourth-order valence-electron chi connectivity index (χ4n) is 1.56. The molecule has 0 saturated carbocycles. The second-order valence-corrected chi connectivity index (χ2v) is 7.04. The van der Waals surface area contributed by atoms with Crippen molar-refractivity contribution in [2.24, 2.45) is 5.92 Å². The Kier molecular flexibility index (Phi) is 5.36. The van der Waals surface area contributed by atoms with Gasteiger partial charge in [0.25, 0.3) is 15.9 Å². The Hall–Kier alpha value is -1.60. The van der Waals surface area contributed by atoms with Crippen LogP contribution in [0, 0.1) is 5.92 Å². The molecule has 0 aromatic heterocycles. The Bertz CT molecular complexity index is 645. The number of amides is 2. The van der Waals surface area contributed by atoms with Crippen LogP contribution in [0.2, 0.25) is 5.02 Å². The van der Waals surface area contributed by atoms with Crippen LogP contribution in [0.25, 0.3) is 0 Å². The van der Waals surface area contributed by atoms with Crippen LogP contribution in [0.5, 0.6) is 0 Å². The van der Waals surface area contributed by atoms with Gasteiger partial charge in [-0.3, -0.25) is 9.59 Å². The molecule has 21 heavy (non-hydrogen) atoms. The molecule has 0 radical (unpaired) electrons. The number of benzene rings is 1. The third-order valence-electron chi connectivity index (χ3n) is 3.34. The largest absolute Gasteiger partial charge is 0.344 e. The summed E-state index contributed by atoms with van der Waals surface area (Å²) in [7, 11) is -4.11. The summed E-state index contributed by atoms with van der Waals surface area (Å²) >= 11 is 5.83. The van der Waals surface area contributed by atoms with Crippen LogP contribution < -0.4 is 10.0 Å². The molecule has 0 fully saturated rings. The standard InChI is InChI=1S/C13H17ClN2O4S/c1-9(2)13(3,15-8-17)12(18)16-21(19,20)11-7-5-4-6-10(11)14/h4-9H,1-3H3,(H,15,17)(H,16,18). The van der Waals surface area contributed by atoms with Crippen molar-refractivity contribution in [3.63, 3.8) is 0 Å². The van der Waals surface area contributed by atoms with Crippen LogP contribution in [0.4, 0.5) is 0 Å². The van der Waals surface area contributed by atoms with Crippen molar-refractivity contribution in [3.05, 3.63) is 29.3 Å². The van der Waals surface area contributed by atoms with Gasteiger partial charge in [-0.2, -0.15) is 0 Å². The van der Waals surface area contributed by atoms with Crippen LogP contribution in [0.15, 0.2) is 29.2 Å². The molecule has 0 aliphatic carbocycles. The molecule has 1 unspecified atom stereocenters. The number of hydrogen-bond donors (Lipinski definition) is 2. The van der Waals surface area contributed by atoms with Crippen LogP contribution in [-0.4, -0.2) is 26.3 Å². The van der Waals surface area contributed by atoms with E-state index in [-0.39, 0.29) is 15.8 Å². The summed E-state index contributed by atoms with van der Waals surface area (Å²) in [6, 6.07) is 5.77. The number of nitrogens with one attached hydrogen (secondary N) is 2. The molecule has 1 atom stereocenters. The van der Waals surface area contributed by atoms with Crippen molar-refractivity contribution < 1.29 is 18.0 Å². The van der Waals surface area contributed by atoms with Crippen molar-refractivity contribution in [2.45, 2.75) is 31.2 Å². The Morgan fingerprint density at radius 3 is 2.38 bits per heavy atom. The predicted molar refractivity (Wildman–Crippen MR) is 79.2 cm³/mol. The maximum absolute atomic E-state index is 12.2. The van der Waals surface area contributed by atoms with Crippen molar-refractivity contribution >= 4 is 33.9 Å². The van der Waals surface area contributed by atoms with Crippen LogP contribution in [0.3, 0.4) is 0 Å². The second kappa shape index (κ2) is 6.44. The smallest absolute Gasteiger partial charge is 0.265 e. The lowest BCUT2D eigenvalue weighted by molar-refractivity contribution is -0.129. The Balaban J connectivity index is 3.12. The van der Waals surface area contributed by atoms with Crippen LogP contribution in [-0.2, 0) is 19.6 Å². The van der Waals surface area contributed by atoms with Crippen LogP contribution >= 0.6 is 11.6 Å². The third-order valence-corrected chi connectivity index (χ3v) is 5.17. The van der Waals surface area contributed by atoms with Gasteiger partial charge in [-0.15, -0.1) is 0 Å². The van der Waals surface area contributed by atoms with E-state index in [4.69, 9.17) is 11.6 Å². The highest BCUT2D eigenvalue weighted by atomic mass is 35.5. The zero-order valence-electron chi connectivity index (χ0n) is 11.9. The summed E-state index contributed by atoms with van der Waals surface area (Å²) < 4.78 is 26.4. The van der Waals surface area contributed by atoms with Gasteiger partial charge in [0.1, 0.15) is 10.4 Å². The van der Waals surface area contributed by atoms with E-state index >= 15 is 0 Å². The van der Waals surface area contributed by atoms with Gasteiger partial charge in [0, 0.05) is 0 Å². The fraction of sp³-hybridized carbons (Fsp3) is 0.385. The van der Waals surface area contributed by atoms with E-state index in [0.29, 0.717) is 6.41 Å². The van der Waals surface area contributed by atoms with Gasteiger partial charge in [-0.25, -0.2) is 13.1 Å². The Labute approximate surface area is 128 Å². The lowest BCUT2D eigenvalue weighted by atomic mass is 9.88. The first kappa shape index (κ1) is 17.5. The van der Waals surface area contributed by atoms with Gasteiger partial charge < -0.3 is 5.32 Å². The van der Waals surface area contributed by atoms with Gasteiger partial charge in [-0.05, 0) is 25.0 Å². The minimum atomic E-state index is -4.11. The minimum Gasteiger partial charge on any atom is -0.344 e. The fourth-order valence-corrected chi connectivity index (χ4v) is 3.15. The normalized spacial score (nSPS) is 14.3. The molecule has 2 amide bonds. The van der Waals surface area contributed by atoms with E-state index in [1.54, 1.807) is 19.9 Å². The highest BCUT2D eigenvalue weighted by Gasteiger charge is 2.38. The molecule has 2 N–H and O–H groups in total. The van der Waals surface area contributed by atoms with Gasteiger partial charge in [0.15, 0.2) is 0 Å². The molecule has 1 aromatic rings. The summed E-state index contributed by atoms with van der Waals surface area (Å²) in [5.74, 6) is -1.14. The van der Waals surface area contributed by atoms with Gasteiger partial charge in [-0.1, -0.05) is 37.6 Å². The topological polar surface area (TPSA) is 92.3 Å². The molecule has 0 aliphatic heterocycles.